The molecule has 0 aliphatic rings. The molecule has 6 heteroatoms. The van der Waals surface area contributed by atoms with Crippen LogP contribution in [0.15, 0.2) is 59.9 Å². The lowest BCUT2D eigenvalue weighted by Gasteiger charge is -2.09. The monoisotopic (exact) mass is 343 g/mol. The van der Waals surface area contributed by atoms with Crippen molar-refractivity contribution < 1.29 is 5.21 Å². The molecule has 1 aromatic heterocycles. The first-order valence-corrected chi connectivity index (χ1v) is 8.00. The zero-order valence-electron chi connectivity index (χ0n) is 14.4. The van der Waals surface area contributed by atoms with Gasteiger partial charge in [-0.2, -0.15) is 5.26 Å². The fourth-order valence-corrected chi connectivity index (χ4v) is 2.68. The molecule has 0 radical (unpaired) electrons. The number of hydrogen-bond donors (Lipinski definition) is 2. The smallest absolute Gasteiger partial charge is 0.227 e. The molecule has 0 bridgehead atoms. The first-order valence-electron chi connectivity index (χ1n) is 8.00. The van der Waals surface area contributed by atoms with Crippen LogP contribution in [0.25, 0.3) is 0 Å². The Bertz CT molecular complexity index is 983. The Hall–Kier alpha value is -3.72. The molecule has 0 saturated carbocycles. The van der Waals surface area contributed by atoms with Gasteiger partial charge in [0.15, 0.2) is 0 Å². The lowest BCUT2D eigenvalue weighted by molar-refractivity contribution is 0.319. The van der Waals surface area contributed by atoms with Crippen molar-refractivity contribution in [3.63, 3.8) is 0 Å². The quantitative estimate of drug-likeness (QED) is 0.425. The van der Waals surface area contributed by atoms with E-state index in [1.165, 1.54) is 0 Å². The summed E-state index contributed by atoms with van der Waals surface area (Å²) in [6.07, 6.45) is 1.60. The Morgan fingerprint density at radius 2 is 1.77 bits per heavy atom. The molecule has 3 aromatic rings. The lowest BCUT2D eigenvalue weighted by Crippen LogP contribution is -2.09. The van der Waals surface area contributed by atoms with Gasteiger partial charge in [0.1, 0.15) is 5.71 Å². The number of benzene rings is 2. The lowest BCUT2D eigenvalue weighted by atomic mass is 10.0. The van der Waals surface area contributed by atoms with Crippen molar-refractivity contribution in [2.75, 3.05) is 5.32 Å². The largest absolute Gasteiger partial charge is 0.410 e. The van der Waals surface area contributed by atoms with Gasteiger partial charge in [-0.15, -0.1) is 0 Å². The molecule has 0 fully saturated rings. The van der Waals surface area contributed by atoms with Crippen molar-refractivity contribution in [1.82, 2.24) is 9.97 Å². The molecular formula is C20H17N5O. The molecule has 26 heavy (non-hydrogen) atoms. The molecule has 0 aliphatic carbocycles. The highest BCUT2D eigenvalue weighted by molar-refractivity contribution is 6.11. The second-order valence-electron chi connectivity index (χ2n) is 5.90. The minimum atomic E-state index is 0.373. The maximum atomic E-state index is 9.53. The summed E-state index contributed by atoms with van der Waals surface area (Å²) in [5, 5.41) is 24.9. The Morgan fingerprint density at radius 3 is 2.38 bits per heavy atom. The second-order valence-corrected chi connectivity index (χ2v) is 5.90. The summed E-state index contributed by atoms with van der Waals surface area (Å²) in [7, 11) is 0. The summed E-state index contributed by atoms with van der Waals surface area (Å²) in [5.41, 5.74) is 5.15. The normalized spacial score (nSPS) is 11.0. The number of nitriles is 1. The standard InChI is InChI=1S/C20H17N5O/c1-13-9-14(2)11-16(10-13)19(25-26)18-7-8-22-20(24-18)23-17-5-3-15(12-21)4-6-17/h3-11,26H,1-2H3,(H,22,23,24)/b25-19-. The van der Waals surface area contributed by atoms with Crippen LogP contribution in [0.4, 0.5) is 11.6 Å². The Kier molecular flexibility index (Phi) is 4.90. The minimum absolute atomic E-state index is 0.373. The molecule has 0 atom stereocenters. The van der Waals surface area contributed by atoms with Crippen LogP contribution in [0.1, 0.15) is 27.9 Å². The summed E-state index contributed by atoms with van der Waals surface area (Å²) in [5.74, 6) is 0.373. The van der Waals surface area contributed by atoms with Gasteiger partial charge in [-0.3, -0.25) is 0 Å². The number of nitrogens with zero attached hydrogens (tertiary/aromatic N) is 4. The van der Waals surface area contributed by atoms with E-state index in [2.05, 4.69) is 32.6 Å². The van der Waals surface area contributed by atoms with Crippen LogP contribution in [0.5, 0.6) is 0 Å². The molecule has 2 aromatic carbocycles. The van der Waals surface area contributed by atoms with E-state index in [0.717, 1.165) is 22.4 Å². The summed E-state index contributed by atoms with van der Waals surface area (Å²) in [6.45, 7) is 3.98. The molecule has 3 rings (SSSR count). The van der Waals surface area contributed by atoms with Crippen molar-refractivity contribution >= 4 is 17.3 Å². The van der Waals surface area contributed by atoms with Gasteiger partial charge in [-0.25, -0.2) is 9.97 Å². The van der Waals surface area contributed by atoms with Crippen LogP contribution in [-0.4, -0.2) is 20.9 Å². The minimum Gasteiger partial charge on any atom is -0.410 e. The summed E-state index contributed by atoms with van der Waals surface area (Å²) < 4.78 is 0. The van der Waals surface area contributed by atoms with E-state index in [4.69, 9.17) is 5.26 Å². The predicted octanol–water partition coefficient (Wildman–Crippen LogP) is 3.94. The van der Waals surface area contributed by atoms with Crippen molar-refractivity contribution in [2.24, 2.45) is 5.16 Å². The van der Waals surface area contributed by atoms with Crippen LogP contribution < -0.4 is 5.32 Å². The zero-order valence-corrected chi connectivity index (χ0v) is 14.4. The maximum absolute atomic E-state index is 9.53. The van der Waals surface area contributed by atoms with Crippen molar-refractivity contribution in [3.8, 4) is 6.07 Å². The third kappa shape index (κ3) is 3.84. The topological polar surface area (TPSA) is 94.2 Å². The highest BCUT2D eigenvalue weighted by Gasteiger charge is 2.12. The van der Waals surface area contributed by atoms with Gasteiger partial charge in [0, 0.05) is 17.4 Å². The van der Waals surface area contributed by atoms with Gasteiger partial charge in [0.2, 0.25) is 5.95 Å². The van der Waals surface area contributed by atoms with Gasteiger partial charge >= 0.3 is 0 Å². The fraction of sp³-hybridized carbons (Fsp3) is 0.100. The van der Waals surface area contributed by atoms with Crippen LogP contribution in [0.3, 0.4) is 0 Å². The third-order valence-corrected chi connectivity index (χ3v) is 3.76. The molecule has 0 unspecified atom stereocenters. The van der Waals surface area contributed by atoms with E-state index in [9.17, 15) is 5.21 Å². The van der Waals surface area contributed by atoms with Gasteiger partial charge < -0.3 is 10.5 Å². The average Bonchev–Trinajstić information content (AvgIpc) is 2.63. The SMILES string of the molecule is Cc1cc(C)cc(/C(=N/O)c2ccnc(Nc3ccc(C#N)cc3)n2)c1. The molecule has 0 saturated heterocycles. The molecular weight excluding hydrogens is 326 g/mol. The molecule has 0 spiro atoms. The number of oxime groups is 1. The van der Waals surface area contributed by atoms with Gasteiger partial charge in [0.25, 0.3) is 0 Å². The maximum Gasteiger partial charge on any atom is 0.227 e. The molecule has 2 N–H and O–H groups in total. The Morgan fingerprint density at radius 1 is 1.08 bits per heavy atom. The van der Waals surface area contributed by atoms with Gasteiger partial charge in [-0.1, -0.05) is 22.3 Å². The fourth-order valence-electron chi connectivity index (χ4n) is 2.68. The highest BCUT2D eigenvalue weighted by atomic mass is 16.4. The van der Waals surface area contributed by atoms with Crippen molar-refractivity contribution in [2.45, 2.75) is 13.8 Å². The number of rotatable bonds is 4. The molecule has 0 amide bonds. The summed E-state index contributed by atoms with van der Waals surface area (Å²) in [4.78, 5) is 8.64. The van der Waals surface area contributed by atoms with Crippen LogP contribution in [0, 0.1) is 25.2 Å². The number of aromatic nitrogens is 2. The molecule has 1 heterocycles. The first-order chi connectivity index (χ1) is 12.6. The first kappa shape index (κ1) is 17.1. The number of nitrogens with one attached hydrogen (secondary N) is 1. The molecule has 0 aliphatic heterocycles. The van der Waals surface area contributed by atoms with Crippen LogP contribution >= 0.6 is 0 Å². The third-order valence-electron chi connectivity index (χ3n) is 3.76. The zero-order chi connectivity index (χ0) is 18.5. The van der Waals surface area contributed by atoms with E-state index in [1.54, 1.807) is 36.5 Å². The van der Waals surface area contributed by atoms with E-state index < -0.39 is 0 Å². The van der Waals surface area contributed by atoms with E-state index in [1.807, 2.05) is 26.0 Å². The Labute approximate surface area is 151 Å². The average molecular weight is 343 g/mol. The highest BCUT2D eigenvalue weighted by Crippen LogP contribution is 2.17. The second kappa shape index (κ2) is 7.45. The number of hydrogen-bond acceptors (Lipinski definition) is 6. The number of anilines is 2. The van der Waals surface area contributed by atoms with E-state index >= 15 is 0 Å². The van der Waals surface area contributed by atoms with Crippen molar-refractivity contribution in [3.05, 3.63) is 82.7 Å². The number of aryl methyl sites for hydroxylation is 2. The van der Waals surface area contributed by atoms with Crippen LogP contribution in [0.2, 0.25) is 0 Å². The van der Waals surface area contributed by atoms with E-state index in [-0.39, 0.29) is 0 Å². The Balaban J connectivity index is 1.91. The summed E-state index contributed by atoms with van der Waals surface area (Å²) in [6, 6.07) is 16.7. The summed E-state index contributed by atoms with van der Waals surface area (Å²) >= 11 is 0. The van der Waals surface area contributed by atoms with Gasteiger partial charge in [0.05, 0.1) is 17.3 Å². The molecule has 6 nitrogen and oxygen atoms in total. The van der Waals surface area contributed by atoms with Gasteiger partial charge in [-0.05, 0) is 56.3 Å². The molecule has 128 valence electrons. The van der Waals surface area contributed by atoms with Crippen LogP contribution in [-0.2, 0) is 0 Å². The van der Waals surface area contributed by atoms with Crippen molar-refractivity contribution in [1.29, 1.82) is 5.26 Å². The van der Waals surface area contributed by atoms with E-state index in [0.29, 0.717) is 22.9 Å². The predicted molar refractivity (Wildman–Crippen MR) is 99.8 cm³/mol.